The highest BCUT2D eigenvalue weighted by molar-refractivity contribution is 5.38. The van der Waals surface area contributed by atoms with Gasteiger partial charge in [0.2, 0.25) is 0 Å². The van der Waals surface area contributed by atoms with Crippen molar-refractivity contribution in [3.63, 3.8) is 0 Å². The van der Waals surface area contributed by atoms with Gasteiger partial charge in [0, 0.05) is 6.61 Å². The zero-order chi connectivity index (χ0) is 12.1. The van der Waals surface area contributed by atoms with Gasteiger partial charge in [0.1, 0.15) is 12.4 Å². The molecule has 0 aromatic heterocycles. The molecule has 1 aromatic carbocycles. The van der Waals surface area contributed by atoms with Crippen molar-refractivity contribution in [2.75, 3.05) is 13.2 Å². The molecule has 2 rings (SSSR count). The van der Waals surface area contributed by atoms with E-state index in [4.69, 9.17) is 9.84 Å². The molecule has 1 N–H and O–H groups in total. The number of ether oxygens (including phenoxy) is 1. The number of benzene rings is 1. The van der Waals surface area contributed by atoms with E-state index in [0.29, 0.717) is 12.2 Å². The fraction of sp³-hybridized carbons (Fsp3) is 0.429. The highest BCUT2D eigenvalue weighted by atomic mass is 19.1. The van der Waals surface area contributed by atoms with Gasteiger partial charge in [-0.25, -0.2) is 4.39 Å². The van der Waals surface area contributed by atoms with Crippen LogP contribution in [0.2, 0.25) is 0 Å². The van der Waals surface area contributed by atoms with Crippen molar-refractivity contribution in [2.24, 2.45) is 5.92 Å². The zero-order valence-electron chi connectivity index (χ0n) is 9.58. The molecule has 0 saturated heterocycles. The predicted molar refractivity (Wildman–Crippen MR) is 62.7 cm³/mol. The third-order valence-electron chi connectivity index (χ3n) is 2.65. The van der Waals surface area contributed by atoms with Crippen LogP contribution in [0.5, 0.6) is 0 Å². The van der Waals surface area contributed by atoms with Gasteiger partial charge in [0.05, 0.1) is 12.2 Å². The number of hydrogen-bond donors (Lipinski definition) is 1. The molecule has 0 amide bonds. The summed E-state index contributed by atoms with van der Waals surface area (Å²) in [5.41, 5.74) is 1.22. The number of aliphatic hydroxyl groups is 1. The quantitative estimate of drug-likeness (QED) is 0.808. The number of halogens is 1. The van der Waals surface area contributed by atoms with Gasteiger partial charge in [-0.1, -0.05) is 17.9 Å². The molecule has 2 nitrogen and oxygen atoms in total. The van der Waals surface area contributed by atoms with E-state index in [-0.39, 0.29) is 12.4 Å². The van der Waals surface area contributed by atoms with E-state index in [1.165, 1.54) is 18.9 Å². The summed E-state index contributed by atoms with van der Waals surface area (Å²) in [7, 11) is 0. The Kier molecular flexibility index (Phi) is 4.13. The molecule has 3 heteroatoms. The van der Waals surface area contributed by atoms with Crippen LogP contribution in [0.3, 0.4) is 0 Å². The van der Waals surface area contributed by atoms with E-state index in [9.17, 15) is 4.39 Å². The molecule has 0 spiro atoms. The molecule has 90 valence electrons. The van der Waals surface area contributed by atoms with Crippen molar-refractivity contribution in [3.05, 3.63) is 35.1 Å². The lowest BCUT2D eigenvalue weighted by Crippen LogP contribution is -1.98. The molecule has 0 atom stereocenters. The Bertz CT molecular complexity index is 441. The van der Waals surface area contributed by atoms with Crippen molar-refractivity contribution in [2.45, 2.75) is 19.4 Å². The monoisotopic (exact) mass is 234 g/mol. The molecule has 1 aliphatic carbocycles. The Balaban J connectivity index is 1.96. The molecule has 0 heterocycles. The maximum Gasteiger partial charge on any atom is 0.138 e. The highest BCUT2D eigenvalue weighted by Gasteiger charge is 2.21. The molecule has 1 aliphatic rings. The van der Waals surface area contributed by atoms with Crippen molar-refractivity contribution < 1.29 is 14.2 Å². The molecular weight excluding hydrogens is 219 g/mol. The van der Waals surface area contributed by atoms with Crippen molar-refractivity contribution in [1.29, 1.82) is 0 Å². The molecule has 0 aliphatic heterocycles. The maximum absolute atomic E-state index is 13.3. The van der Waals surface area contributed by atoms with E-state index < -0.39 is 0 Å². The first-order valence-electron chi connectivity index (χ1n) is 5.75. The lowest BCUT2D eigenvalue weighted by atomic mass is 10.1. The molecule has 1 aromatic rings. The lowest BCUT2D eigenvalue weighted by Gasteiger charge is -2.04. The van der Waals surface area contributed by atoms with Crippen molar-refractivity contribution >= 4 is 0 Å². The van der Waals surface area contributed by atoms with E-state index in [0.717, 1.165) is 18.1 Å². The normalized spacial score (nSPS) is 14.2. The van der Waals surface area contributed by atoms with Gasteiger partial charge in [-0.05, 0) is 36.5 Å². The second kappa shape index (κ2) is 5.81. The summed E-state index contributed by atoms with van der Waals surface area (Å²) in [5.74, 6) is 5.39. The minimum absolute atomic E-state index is 0.262. The van der Waals surface area contributed by atoms with Crippen LogP contribution < -0.4 is 0 Å². The topological polar surface area (TPSA) is 29.5 Å². The molecule has 0 bridgehead atoms. The number of rotatable bonds is 4. The van der Waals surface area contributed by atoms with Gasteiger partial charge in [-0.3, -0.25) is 0 Å². The summed E-state index contributed by atoms with van der Waals surface area (Å²) in [6.07, 6.45) is 2.52. The van der Waals surface area contributed by atoms with Gasteiger partial charge in [0.15, 0.2) is 0 Å². The molecule has 17 heavy (non-hydrogen) atoms. The van der Waals surface area contributed by atoms with Crippen LogP contribution in [0.25, 0.3) is 0 Å². The van der Waals surface area contributed by atoms with E-state index in [1.54, 1.807) is 12.1 Å². The summed E-state index contributed by atoms with van der Waals surface area (Å²) in [4.78, 5) is 0. The first kappa shape index (κ1) is 12.1. The standard InChI is InChI=1S/C14H15FO2/c15-14-6-5-12(8-13(14)2-1-7-16)10-17-9-11-3-4-11/h5-6,8,11,16H,3-4,7,9-10H2. The summed E-state index contributed by atoms with van der Waals surface area (Å²) in [5, 5.41) is 8.58. The lowest BCUT2D eigenvalue weighted by molar-refractivity contribution is 0.111. The molecule has 0 unspecified atom stereocenters. The largest absolute Gasteiger partial charge is 0.384 e. The summed E-state index contributed by atoms with van der Waals surface area (Å²) in [6, 6.07) is 4.76. The SMILES string of the molecule is OCC#Cc1cc(COCC2CC2)ccc1F. The number of hydrogen-bond acceptors (Lipinski definition) is 2. The Morgan fingerprint density at radius 2 is 2.24 bits per heavy atom. The van der Waals surface area contributed by atoms with Crippen molar-refractivity contribution in [3.8, 4) is 11.8 Å². The van der Waals surface area contributed by atoms with E-state index >= 15 is 0 Å². The van der Waals surface area contributed by atoms with E-state index in [2.05, 4.69) is 11.8 Å². The second-order valence-corrected chi connectivity index (χ2v) is 4.23. The fourth-order valence-electron chi connectivity index (χ4n) is 1.52. The van der Waals surface area contributed by atoms with Crippen LogP contribution in [-0.2, 0) is 11.3 Å². The third-order valence-corrected chi connectivity index (χ3v) is 2.65. The van der Waals surface area contributed by atoms with Gasteiger partial charge in [-0.2, -0.15) is 0 Å². The Morgan fingerprint density at radius 1 is 1.41 bits per heavy atom. The van der Waals surface area contributed by atoms with E-state index in [1.807, 2.05) is 0 Å². The summed E-state index contributed by atoms with van der Waals surface area (Å²) >= 11 is 0. The second-order valence-electron chi connectivity index (χ2n) is 4.23. The average molecular weight is 234 g/mol. The fourth-order valence-corrected chi connectivity index (χ4v) is 1.52. The summed E-state index contributed by atoms with van der Waals surface area (Å²) in [6.45, 7) is 1.02. The van der Waals surface area contributed by atoms with Gasteiger partial charge < -0.3 is 9.84 Å². The van der Waals surface area contributed by atoms with Crippen LogP contribution in [0.15, 0.2) is 18.2 Å². The Labute approximate surface area is 100 Å². The molecular formula is C14H15FO2. The minimum Gasteiger partial charge on any atom is -0.384 e. The minimum atomic E-state index is -0.364. The van der Waals surface area contributed by atoms with Gasteiger partial charge in [0.25, 0.3) is 0 Å². The first-order chi connectivity index (χ1) is 8.29. The average Bonchev–Trinajstić information content (AvgIpc) is 3.13. The smallest absolute Gasteiger partial charge is 0.138 e. The molecule has 1 saturated carbocycles. The highest BCUT2D eigenvalue weighted by Crippen LogP contribution is 2.29. The maximum atomic E-state index is 13.3. The number of aliphatic hydroxyl groups excluding tert-OH is 1. The van der Waals surface area contributed by atoms with Crippen LogP contribution in [0.1, 0.15) is 24.0 Å². The zero-order valence-corrected chi connectivity index (χ0v) is 9.58. The van der Waals surface area contributed by atoms with Gasteiger partial charge >= 0.3 is 0 Å². The Hall–Kier alpha value is -1.37. The van der Waals surface area contributed by atoms with Gasteiger partial charge in [-0.15, -0.1) is 0 Å². The van der Waals surface area contributed by atoms with Crippen molar-refractivity contribution in [1.82, 2.24) is 0 Å². The molecule has 0 radical (unpaired) electrons. The van der Waals surface area contributed by atoms with Crippen LogP contribution >= 0.6 is 0 Å². The first-order valence-corrected chi connectivity index (χ1v) is 5.75. The Morgan fingerprint density at radius 3 is 2.94 bits per heavy atom. The van der Waals surface area contributed by atoms with Crippen LogP contribution in [-0.4, -0.2) is 18.3 Å². The predicted octanol–water partition coefficient (Wildman–Crippen LogP) is 2.10. The van der Waals surface area contributed by atoms with Crippen LogP contribution in [0.4, 0.5) is 4.39 Å². The summed E-state index contributed by atoms with van der Waals surface area (Å²) < 4.78 is 18.9. The van der Waals surface area contributed by atoms with Crippen LogP contribution in [0, 0.1) is 23.6 Å². The third kappa shape index (κ3) is 3.85. The molecule has 1 fully saturated rings.